The van der Waals surface area contributed by atoms with Gasteiger partial charge in [0.05, 0.1) is 12.2 Å². The summed E-state index contributed by atoms with van der Waals surface area (Å²) >= 11 is 0. The van der Waals surface area contributed by atoms with Gasteiger partial charge in [-0.15, -0.1) is 0 Å². The second-order valence-corrected chi connectivity index (χ2v) is 4.22. The maximum Gasteiger partial charge on any atom is 0.154 e. The standard InChI is InChI=1S/C16H18O3/c1-2-18-10-5-11-19-16-9-8-13-6-3-4-7-14(13)15(16)12-17/h3-4,6-9,12H,2,5,10-11H2,1H3. The fourth-order valence-electron chi connectivity index (χ4n) is 2.01. The van der Waals surface area contributed by atoms with Crippen LogP contribution in [-0.2, 0) is 4.74 Å². The molecule has 0 fully saturated rings. The van der Waals surface area contributed by atoms with Gasteiger partial charge in [0.25, 0.3) is 0 Å². The van der Waals surface area contributed by atoms with E-state index in [-0.39, 0.29) is 0 Å². The zero-order valence-corrected chi connectivity index (χ0v) is 11.1. The van der Waals surface area contributed by atoms with Crippen molar-refractivity contribution in [3.63, 3.8) is 0 Å². The Morgan fingerprint density at radius 1 is 1.11 bits per heavy atom. The molecule has 0 saturated carbocycles. The average Bonchev–Trinajstić information content (AvgIpc) is 2.46. The van der Waals surface area contributed by atoms with E-state index >= 15 is 0 Å². The van der Waals surface area contributed by atoms with Crippen molar-refractivity contribution < 1.29 is 14.3 Å². The fourth-order valence-corrected chi connectivity index (χ4v) is 2.01. The lowest BCUT2D eigenvalue weighted by Gasteiger charge is -2.10. The lowest BCUT2D eigenvalue weighted by molar-refractivity contribution is 0.111. The minimum absolute atomic E-state index is 0.555. The van der Waals surface area contributed by atoms with Crippen LogP contribution in [0.1, 0.15) is 23.7 Å². The summed E-state index contributed by atoms with van der Waals surface area (Å²) in [7, 11) is 0. The summed E-state index contributed by atoms with van der Waals surface area (Å²) in [5.74, 6) is 0.644. The Bertz CT molecular complexity index is 549. The quantitative estimate of drug-likeness (QED) is 0.563. The molecule has 2 aromatic rings. The summed E-state index contributed by atoms with van der Waals surface area (Å²) in [6.45, 7) is 3.92. The summed E-state index contributed by atoms with van der Waals surface area (Å²) in [6, 6.07) is 11.6. The predicted molar refractivity (Wildman–Crippen MR) is 75.9 cm³/mol. The molecule has 0 N–H and O–H groups in total. The Balaban J connectivity index is 2.12. The Hall–Kier alpha value is -1.87. The number of ether oxygens (including phenoxy) is 2. The first-order valence-corrected chi connectivity index (χ1v) is 6.54. The zero-order valence-electron chi connectivity index (χ0n) is 11.1. The first-order valence-electron chi connectivity index (χ1n) is 6.54. The summed E-state index contributed by atoms with van der Waals surface area (Å²) in [5, 5.41) is 1.98. The predicted octanol–water partition coefficient (Wildman–Crippen LogP) is 3.46. The van der Waals surface area contributed by atoms with Gasteiger partial charge in [-0.3, -0.25) is 4.79 Å². The van der Waals surface area contributed by atoms with Gasteiger partial charge in [-0.05, 0) is 23.8 Å². The van der Waals surface area contributed by atoms with Gasteiger partial charge in [0.15, 0.2) is 6.29 Å². The second kappa shape index (κ2) is 6.90. The van der Waals surface area contributed by atoms with Crippen LogP contribution in [0.15, 0.2) is 36.4 Å². The van der Waals surface area contributed by atoms with Crippen molar-refractivity contribution in [3.05, 3.63) is 42.0 Å². The molecule has 0 amide bonds. The van der Waals surface area contributed by atoms with Crippen molar-refractivity contribution in [2.75, 3.05) is 19.8 Å². The minimum Gasteiger partial charge on any atom is -0.493 e. The molecule has 0 heterocycles. The fraction of sp³-hybridized carbons (Fsp3) is 0.312. The number of rotatable bonds is 7. The molecule has 0 unspecified atom stereocenters. The van der Waals surface area contributed by atoms with E-state index in [2.05, 4.69) is 0 Å². The van der Waals surface area contributed by atoms with Gasteiger partial charge in [0, 0.05) is 19.6 Å². The molecule has 19 heavy (non-hydrogen) atoms. The number of carbonyl (C=O) groups excluding carboxylic acids is 1. The van der Waals surface area contributed by atoms with Crippen molar-refractivity contribution >= 4 is 17.1 Å². The largest absolute Gasteiger partial charge is 0.493 e. The van der Waals surface area contributed by atoms with E-state index in [9.17, 15) is 4.79 Å². The van der Waals surface area contributed by atoms with E-state index in [0.717, 1.165) is 30.1 Å². The second-order valence-electron chi connectivity index (χ2n) is 4.22. The zero-order chi connectivity index (χ0) is 13.5. The van der Waals surface area contributed by atoms with Crippen molar-refractivity contribution in [1.82, 2.24) is 0 Å². The van der Waals surface area contributed by atoms with Crippen LogP contribution in [0.25, 0.3) is 10.8 Å². The van der Waals surface area contributed by atoms with E-state index in [1.807, 2.05) is 43.3 Å². The highest BCUT2D eigenvalue weighted by molar-refractivity contribution is 6.00. The smallest absolute Gasteiger partial charge is 0.154 e. The Labute approximate surface area is 113 Å². The number of fused-ring (bicyclic) bond motifs is 1. The lowest BCUT2D eigenvalue weighted by atomic mass is 10.0. The molecule has 0 aliphatic carbocycles. The molecule has 0 atom stereocenters. The monoisotopic (exact) mass is 258 g/mol. The van der Waals surface area contributed by atoms with Crippen LogP contribution in [0.5, 0.6) is 5.75 Å². The lowest BCUT2D eigenvalue weighted by Crippen LogP contribution is -2.04. The molecule has 0 radical (unpaired) electrons. The molecule has 0 bridgehead atoms. The number of hydrogen-bond donors (Lipinski definition) is 0. The number of benzene rings is 2. The van der Waals surface area contributed by atoms with Crippen LogP contribution < -0.4 is 4.74 Å². The highest BCUT2D eigenvalue weighted by atomic mass is 16.5. The normalized spacial score (nSPS) is 10.6. The first kappa shape index (κ1) is 13.6. The summed E-state index contributed by atoms with van der Waals surface area (Å²) < 4.78 is 10.9. The van der Waals surface area contributed by atoms with Gasteiger partial charge < -0.3 is 9.47 Å². The van der Waals surface area contributed by atoms with E-state index < -0.39 is 0 Å². The molecule has 2 aromatic carbocycles. The molecule has 2 rings (SSSR count). The highest BCUT2D eigenvalue weighted by Gasteiger charge is 2.07. The highest BCUT2D eigenvalue weighted by Crippen LogP contribution is 2.26. The van der Waals surface area contributed by atoms with Gasteiger partial charge in [0.1, 0.15) is 5.75 Å². The molecule has 0 spiro atoms. The summed E-state index contributed by atoms with van der Waals surface area (Å²) in [6.07, 6.45) is 1.68. The van der Waals surface area contributed by atoms with Crippen LogP contribution >= 0.6 is 0 Å². The minimum atomic E-state index is 0.555. The van der Waals surface area contributed by atoms with E-state index in [1.54, 1.807) is 0 Å². The van der Waals surface area contributed by atoms with E-state index in [0.29, 0.717) is 24.5 Å². The van der Waals surface area contributed by atoms with Crippen molar-refractivity contribution in [1.29, 1.82) is 0 Å². The van der Waals surface area contributed by atoms with Crippen molar-refractivity contribution in [3.8, 4) is 5.75 Å². The Kier molecular flexibility index (Phi) is 4.93. The number of hydrogen-bond acceptors (Lipinski definition) is 3. The number of aldehydes is 1. The van der Waals surface area contributed by atoms with Gasteiger partial charge in [-0.25, -0.2) is 0 Å². The average molecular weight is 258 g/mol. The third-order valence-electron chi connectivity index (χ3n) is 2.94. The molecule has 3 heteroatoms. The molecule has 3 nitrogen and oxygen atoms in total. The van der Waals surface area contributed by atoms with Gasteiger partial charge >= 0.3 is 0 Å². The molecular formula is C16H18O3. The maximum atomic E-state index is 11.3. The van der Waals surface area contributed by atoms with Crippen LogP contribution in [0, 0.1) is 0 Å². The molecule has 0 aliphatic rings. The molecule has 0 aromatic heterocycles. The van der Waals surface area contributed by atoms with Gasteiger partial charge in [-0.2, -0.15) is 0 Å². The van der Waals surface area contributed by atoms with Gasteiger partial charge in [0.2, 0.25) is 0 Å². The van der Waals surface area contributed by atoms with Crippen molar-refractivity contribution in [2.45, 2.75) is 13.3 Å². The SMILES string of the molecule is CCOCCCOc1ccc2ccccc2c1C=O. The van der Waals surface area contributed by atoms with Crippen LogP contribution in [-0.4, -0.2) is 26.1 Å². The maximum absolute atomic E-state index is 11.3. The Morgan fingerprint density at radius 2 is 1.95 bits per heavy atom. The van der Waals surface area contributed by atoms with Gasteiger partial charge in [-0.1, -0.05) is 30.3 Å². The molecular weight excluding hydrogens is 240 g/mol. The van der Waals surface area contributed by atoms with E-state index in [1.165, 1.54) is 0 Å². The molecule has 0 saturated heterocycles. The summed E-state index contributed by atoms with van der Waals surface area (Å²) in [5.41, 5.74) is 0.620. The van der Waals surface area contributed by atoms with Crippen LogP contribution in [0.4, 0.5) is 0 Å². The van der Waals surface area contributed by atoms with E-state index in [4.69, 9.17) is 9.47 Å². The first-order chi connectivity index (χ1) is 9.36. The van der Waals surface area contributed by atoms with Crippen LogP contribution in [0.2, 0.25) is 0 Å². The number of carbonyl (C=O) groups is 1. The summed E-state index contributed by atoms with van der Waals surface area (Å²) in [4.78, 5) is 11.3. The third-order valence-corrected chi connectivity index (χ3v) is 2.94. The van der Waals surface area contributed by atoms with Crippen LogP contribution in [0.3, 0.4) is 0 Å². The topological polar surface area (TPSA) is 35.5 Å². The molecule has 100 valence electrons. The molecule has 0 aliphatic heterocycles. The Morgan fingerprint density at radius 3 is 2.74 bits per heavy atom. The third kappa shape index (κ3) is 3.32. The van der Waals surface area contributed by atoms with Crippen molar-refractivity contribution in [2.24, 2.45) is 0 Å².